The van der Waals surface area contributed by atoms with Crippen molar-refractivity contribution < 1.29 is 9.32 Å². The molecule has 3 fully saturated rings. The van der Waals surface area contributed by atoms with E-state index < -0.39 is 0 Å². The van der Waals surface area contributed by atoms with Crippen molar-refractivity contribution >= 4 is 5.78 Å². The van der Waals surface area contributed by atoms with Gasteiger partial charge in [-0.3, -0.25) is 14.6 Å². The monoisotopic (exact) mass is 250 g/mol. The highest BCUT2D eigenvalue weighted by molar-refractivity contribution is 5.81. The van der Waals surface area contributed by atoms with E-state index in [0.29, 0.717) is 5.89 Å². The summed E-state index contributed by atoms with van der Waals surface area (Å²) in [5.41, 5.74) is 0. The van der Waals surface area contributed by atoms with Crippen LogP contribution in [0.25, 0.3) is 0 Å². The van der Waals surface area contributed by atoms with Crippen molar-refractivity contribution in [3.8, 4) is 0 Å². The van der Waals surface area contributed by atoms with Gasteiger partial charge in [0.25, 0.3) is 0 Å². The molecular formula is C12H18N4O2. The molecule has 0 spiro atoms. The summed E-state index contributed by atoms with van der Waals surface area (Å²) >= 11 is 0. The predicted molar refractivity (Wildman–Crippen MR) is 64.1 cm³/mol. The number of Topliss-reactive ketones (excluding diaryl/α,β-unsaturated/α-hetero) is 1. The third-order valence-corrected chi connectivity index (χ3v) is 4.01. The number of hydrogen-bond donors (Lipinski definition) is 0. The number of carbonyl (C=O) groups excluding carboxylic acids is 1. The number of rotatable bonds is 3. The van der Waals surface area contributed by atoms with Crippen LogP contribution in [0.3, 0.4) is 0 Å². The average molecular weight is 250 g/mol. The Bertz CT molecular complexity index is 451. The second-order valence-electron chi connectivity index (χ2n) is 5.18. The van der Waals surface area contributed by atoms with Gasteiger partial charge in [0.05, 0.1) is 12.0 Å². The highest BCUT2D eigenvalue weighted by Crippen LogP contribution is 2.27. The van der Waals surface area contributed by atoms with E-state index in [0.717, 1.165) is 38.5 Å². The molecule has 2 atom stereocenters. The summed E-state index contributed by atoms with van der Waals surface area (Å²) < 4.78 is 5.22. The second-order valence-corrected chi connectivity index (χ2v) is 5.18. The average Bonchev–Trinajstić information content (AvgIpc) is 2.88. The first-order valence-corrected chi connectivity index (χ1v) is 6.45. The smallest absolute Gasteiger partial charge is 0.236 e. The minimum Gasteiger partial charge on any atom is -0.339 e. The van der Waals surface area contributed by atoms with E-state index in [1.54, 1.807) is 13.8 Å². The maximum atomic E-state index is 11.3. The van der Waals surface area contributed by atoms with Crippen LogP contribution < -0.4 is 0 Å². The van der Waals surface area contributed by atoms with E-state index in [9.17, 15) is 4.79 Å². The van der Waals surface area contributed by atoms with Crippen molar-refractivity contribution in [3.63, 3.8) is 0 Å². The topological polar surface area (TPSA) is 62.5 Å². The van der Waals surface area contributed by atoms with Gasteiger partial charge in [0.1, 0.15) is 5.78 Å². The number of hydrogen-bond acceptors (Lipinski definition) is 6. The van der Waals surface area contributed by atoms with Gasteiger partial charge in [-0.15, -0.1) is 0 Å². The third-order valence-electron chi connectivity index (χ3n) is 4.01. The number of aromatic nitrogens is 2. The minimum absolute atomic E-state index is 0.0550. The van der Waals surface area contributed by atoms with E-state index in [1.807, 2.05) is 0 Å². The lowest BCUT2D eigenvalue weighted by atomic mass is 10.1. The van der Waals surface area contributed by atoms with Crippen molar-refractivity contribution in [1.82, 2.24) is 19.9 Å². The molecule has 18 heavy (non-hydrogen) atoms. The number of fused-ring (bicyclic) bond motifs is 3. The molecule has 2 unspecified atom stereocenters. The first-order chi connectivity index (χ1) is 8.65. The normalized spacial score (nSPS) is 32.4. The number of ketones is 1. The molecule has 4 rings (SSSR count). The van der Waals surface area contributed by atoms with Gasteiger partial charge in [0, 0.05) is 32.7 Å². The quantitative estimate of drug-likeness (QED) is 0.775. The third kappa shape index (κ3) is 1.95. The highest BCUT2D eigenvalue weighted by atomic mass is 16.5. The van der Waals surface area contributed by atoms with Crippen LogP contribution >= 0.6 is 0 Å². The Kier molecular flexibility index (Phi) is 2.91. The molecular weight excluding hydrogens is 232 g/mol. The van der Waals surface area contributed by atoms with Crippen LogP contribution in [0.15, 0.2) is 4.52 Å². The van der Waals surface area contributed by atoms with E-state index >= 15 is 0 Å². The fourth-order valence-electron chi connectivity index (χ4n) is 2.59. The van der Waals surface area contributed by atoms with Gasteiger partial charge in [-0.05, 0) is 13.8 Å². The van der Waals surface area contributed by atoms with Crippen LogP contribution in [0.1, 0.15) is 37.5 Å². The Balaban J connectivity index is 1.79. The van der Waals surface area contributed by atoms with Crippen molar-refractivity contribution in [2.75, 3.05) is 32.7 Å². The van der Waals surface area contributed by atoms with Gasteiger partial charge in [-0.2, -0.15) is 4.98 Å². The molecule has 6 heteroatoms. The van der Waals surface area contributed by atoms with Crippen LogP contribution in [0, 0.1) is 0 Å². The molecule has 1 aromatic heterocycles. The molecule has 0 saturated carbocycles. The Morgan fingerprint density at radius 1 is 1.39 bits per heavy atom. The zero-order chi connectivity index (χ0) is 12.7. The van der Waals surface area contributed by atoms with E-state index in [-0.39, 0.29) is 17.7 Å². The first-order valence-electron chi connectivity index (χ1n) is 6.45. The summed E-state index contributed by atoms with van der Waals surface area (Å²) in [6, 6.07) is 0.226. The summed E-state index contributed by atoms with van der Waals surface area (Å²) in [5.74, 6) is 0.916. The van der Waals surface area contributed by atoms with Crippen molar-refractivity contribution in [2.45, 2.75) is 25.8 Å². The predicted octanol–water partition coefficient (Wildman–Crippen LogP) is 0.434. The van der Waals surface area contributed by atoms with Crippen molar-refractivity contribution in [3.05, 3.63) is 11.7 Å². The molecule has 2 bridgehead atoms. The zero-order valence-electron chi connectivity index (χ0n) is 10.8. The zero-order valence-corrected chi connectivity index (χ0v) is 10.8. The molecule has 0 amide bonds. The number of carbonyl (C=O) groups is 1. The van der Waals surface area contributed by atoms with Gasteiger partial charge >= 0.3 is 0 Å². The maximum absolute atomic E-state index is 11.3. The lowest BCUT2D eigenvalue weighted by molar-refractivity contribution is -0.118. The van der Waals surface area contributed by atoms with Crippen LogP contribution in [0.2, 0.25) is 0 Å². The Hall–Kier alpha value is -1.27. The second kappa shape index (κ2) is 4.44. The Morgan fingerprint density at radius 3 is 2.67 bits per heavy atom. The highest BCUT2D eigenvalue weighted by Gasteiger charge is 2.36. The molecule has 0 radical (unpaired) electrons. The molecule has 0 aliphatic carbocycles. The summed E-state index contributed by atoms with van der Waals surface area (Å²) in [6.07, 6.45) is 0. The van der Waals surface area contributed by atoms with Crippen LogP contribution in [-0.2, 0) is 4.79 Å². The first kappa shape index (κ1) is 11.8. The lowest BCUT2D eigenvalue weighted by Gasteiger charge is -2.46. The molecule has 3 saturated heterocycles. The van der Waals surface area contributed by atoms with E-state index in [1.165, 1.54) is 0 Å². The van der Waals surface area contributed by atoms with Gasteiger partial charge < -0.3 is 4.52 Å². The Morgan fingerprint density at radius 2 is 2.11 bits per heavy atom. The minimum atomic E-state index is -0.303. The maximum Gasteiger partial charge on any atom is 0.236 e. The molecule has 1 aromatic rings. The standard InChI is InChI=1S/C12H18N4O2/c1-8(9(2)17)12-13-11(14-18-12)10-7-15-3-5-16(10)6-4-15/h8,10H,3-7H2,1-2H3. The van der Waals surface area contributed by atoms with Gasteiger partial charge in [-0.1, -0.05) is 5.16 Å². The summed E-state index contributed by atoms with van der Waals surface area (Å²) in [7, 11) is 0. The summed E-state index contributed by atoms with van der Waals surface area (Å²) in [6.45, 7) is 8.71. The van der Waals surface area contributed by atoms with Gasteiger partial charge in [-0.25, -0.2) is 0 Å². The largest absolute Gasteiger partial charge is 0.339 e. The van der Waals surface area contributed by atoms with Crippen molar-refractivity contribution in [1.29, 1.82) is 0 Å². The molecule has 3 aliphatic rings. The van der Waals surface area contributed by atoms with Crippen LogP contribution in [0.5, 0.6) is 0 Å². The fourth-order valence-corrected chi connectivity index (χ4v) is 2.59. The molecule has 0 N–H and O–H groups in total. The molecule has 98 valence electrons. The molecule has 6 nitrogen and oxygen atoms in total. The SMILES string of the molecule is CC(=O)C(C)c1nc(C2CN3CCN2CC3)no1. The lowest BCUT2D eigenvalue weighted by Crippen LogP contribution is -2.57. The van der Waals surface area contributed by atoms with Gasteiger partial charge in [0.15, 0.2) is 5.82 Å². The van der Waals surface area contributed by atoms with E-state index in [4.69, 9.17) is 4.52 Å². The Labute approximate surface area is 106 Å². The number of piperazine rings is 3. The number of nitrogens with zero attached hydrogens (tertiary/aromatic N) is 4. The van der Waals surface area contributed by atoms with E-state index in [2.05, 4.69) is 19.9 Å². The summed E-state index contributed by atoms with van der Waals surface area (Å²) in [4.78, 5) is 20.5. The van der Waals surface area contributed by atoms with Crippen LogP contribution in [-0.4, -0.2) is 58.4 Å². The molecule has 0 aromatic carbocycles. The van der Waals surface area contributed by atoms with Crippen LogP contribution in [0.4, 0.5) is 0 Å². The molecule has 4 heterocycles. The van der Waals surface area contributed by atoms with Gasteiger partial charge in [0.2, 0.25) is 5.89 Å². The fraction of sp³-hybridized carbons (Fsp3) is 0.750. The van der Waals surface area contributed by atoms with Crippen molar-refractivity contribution in [2.24, 2.45) is 0 Å². The molecule has 3 aliphatic heterocycles. The summed E-state index contributed by atoms with van der Waals surface area (Å²) in [5, 5.41) is 4.06.